The highest BCUT2D eigenvalue weighted by molar-refractivity contribution is 7.86. The summed E-state index contributed by atoms with van der Waals surface area (Å²) < 4.78 is 17.2. The molecule has 144 valence electrons. The number of aryl methyl sites for hydroxylation is 1. The average molecular weight is 424 g/mol. The Labute approximate surface area is 170 Å². The number of alkyl halides is 1. The fourth-order valence-electron chi connectivity index (χ4n) is 2.85. The van der Waals surface area contributed by atoms with Gasteiger partial charge in [-0.15, -0.1) is 11.6 Å². The van der Waals surface area contributed by atoms with Crippen LogP contribution in [0.25, 0.3) is 0 Å². The van der Waals surface area contributed by atoms with Crippen LogP contribution in [0.4, 0.5) is 11.5 Å². The number of thiophene rings is 1. The molecule has 3 atom stereocenters. The fourth-order valence-corrected chi connectivity index (χ4v) is 4.96. The molecule has 8 heteroatoms. The van der Waals surface area contributed by atoms with Gasteiger partial charge in [0.1, 0.15) is 5.82 Å². The fraction of sp³-hybridized carbons (Fsp3) is 0.316. The third-order valence-corrected chi connectivity index (χ3v) is 7.28. The molecule has 0 bridgehead atoms. The smallest absolute Gasteiger partial charge is 0.254 e. The van der Waals surface area contributed by atoms with Crippen LogP contribution in [0.15, 0.2) is 56.0 Å². The number of allylic oxidation sites excluding steroid dienone is 4. The van der Waals surface area contributed by atoms with Gasteiger partial charge in [-0.25, -0.2) is 4.21 Å². The first kappa shape index (κ1) is 19.9. The maximum absolute atomic E-state index is 12.6. The Morgan fingerprint density at radius 2 is 2.04 bits per heavy atom. The summed E-state index contributed by atoms with van der Waals surface area (Å²) in [5, 5.41) is 6.76. The van der Waals surface area contributed by atoms with E-state index in [0.717, 1.165) is 5.70 Å². The Kier molecular flexibility index (Phi) is 5.93. The molecule has 3 rings (SSSR count). The van der Waals surface area contributed by atoms with Crippen LogP contribution in [0.1, 0.15) is 19.4 Å². The molecule has 0 aromatic carbocycles. The largest absolute Gasteiger partial charge is 0.342 e. The molecule has 0 amide bonds. The van der Waals surface area contributed by atoms with Gasteiger partial charge in [-0.2, -0.15) is 11.3 Å². The summed E-state index contributed by atoms with van der Waals surface area (Å²) >= 11 is 8.09. The number of nitrogens with one attached hydrogen (secondary N) is 2. The standard InChI is InChI=1S/C19H22ClN3O2S2/c1-11-5-6-15(17(20)13(11)3)21-18-16(9-12(2)19(24)23(18)4)22-27(25)14-7-8-26-10-14/h5-10,13,17,21-22H,1-4H3. The molecule has 0 spiro atoms. The number of aromatic nitrogens is 1. The molecular weight excluding hydrogens is 402 g/mol. The van der Waals surface area contributed by atoms with Crippen molar-refractivity contribution in [2.75, 3.05) is 10.0 Å². The molecule has 2 aromatic rings. The van der Waals surface area contributed by atoms with Crippen molar-refractivity contribution in [2.45, 2.75) is 31.0 Å². The number of pyridine rings is 1. The predicted molar refractivity (Wildman–Crippen MR) is 115 cm³/mol. The maximum Gasteiger partial charge on any atom is 0.254 e. The highest BCUT2D eigenvalue weighted by atomic mass is 35.5. The summed E-state index contributed by atoms with van der Waals surface area (Å²) in [5.74, 6) is 0.712. The Bertz CT molecular complexity index is 993. The molecule has 0 saturated carbocycles. The summed E-state index contributed by atoms with van der Waals surface area (Å²) in [4.78, 5) is 13.1. The molecule has 0 radical (unpaired) electrons. The second-order valence-electron chi connectivity index (χ2n) is 6.63. The number of hydrogen-bond acceptors (Lipinski definition) is 4. The number of halogens is 1. The molecule has 0 aliphatic heterocycles. The third kappa shape index (κ3) is 4.05. The van der Waals surface area contributed by atoms with Gasteiger partial charge in [0.2, 0.25) is 0 Å². The quantitative estimate of drug-likeness (QED) is 0.701. The van der Waals surface area contributed by atoms with Gasteiger partial charge >= 0.3 is 0 Å². The summed E-state index contributed by atoms with van der Waals surface area (Å²) in [6.45, 7) is 5.85. The normalized spacial score (nSPS) is 20.6. The lowest BCUT2D eigenvalue weighted by Gasteiger charge is -2.27. The van der Waals surface area contributed by atoms with Crippen molar-refractivity contribution in [3.63, 3.8) is 0 Å². The van der Waals surface area contributed by atoms with Crippen LogP contribution in [0.3, 0.4) is 0 Å². The summed E-state index contributed by atoms with van der Waals surface area (Å²) in [7, 11) is 0.264. The Hall–Kier alpha value is -1.83. The minimum Gasteiger partial charge on any atom is -0.342 e. The van der Waals surface area contributed by atoms with Crippen molar-refractivity contribution in [3.05, 3.63) is 62.2 Å². The zero-order chi connectivity index (χ0) is 19.7. The molecule has 3 unspecified atom stereocenters. The van der Waals surface area contributed by atoms with E-state index in [2.05, 4.69) is 17.0 Å². The zero-order valence-electron chi connectivity index (χ0n) is 15.6. The first-order chi connectivity index (χ1) is 12.8. The third-order valence-electron chi connectivity index (χ3n) is 4.75. The van der Waals surface area contributed by atoms with Gasteiger partial charge < -0.3 is 5.32 Å². The second-order valence-corrected chi connectivity index (χ2v) is 9.09. The molecule has 0 saturated heterocycles. The average Bonchev–Trinajstić information content (AvgIpc) is 3.18. The van der Waals surface area contributed by atoms with Gasteiger partial charge in [0, 0.05) is 23.7 Å². The van der Waals surface area contributed by atoms with E-state index in [1.165, 1.54) is 21.5 Å². The Balaban J connectivity index is 2.00. The Morgan fingerprint density at radius 1 is 1.30 bits per heavy atom. The summed E-state index contributed by atoms with van der Waals surface area (Å²) in [5.41, 5.74) is 3.04. The number of anilines is 2. The van der Waals surface area contributed by atoms with Crippen molar-refractivity contribution in [1.29, 1.82) is 0 Å². The lowest BCUT2D eigenvalue weighted by Crippen LogP contribution is -2.28. The molecule has 2 heterocycles. The first-order valence-corrected chi connectivity index (χ1v) is 11.0. The van der Waals surface area contributed by atoms with Crippen molar-refractivity contribution in [3.8, 4) is 0 Å². The van der Waals surface area contributed by atoms with Crippen molar-refractivity contribution < 1.29 is 4.21 Å². The maximum atomic E-state index is 12.6. The lowest BCUT2D eigenvalue weighted by atomic mass is 9.92. The molecule has 1 aliphatic carbocycles. The van der Waals surface area contributed by atoms with Gasteiger partial charge in [0.15, 0.2) is 11.0 Å². The van der Waals surface area contributed by atoms with E-state index in [9.17, 15) is 9.00 Å². The van der Waals surface area contributed by atoms with E-state index in [1.54, 1.807) is 20.0 Å². The van der Waals surface area contributed by atoms with Gasteiger partial charge in [-0.1, -0.05) is 18.6 Å². The summed E-state index contributed by atoms with van der Waals surface area (Å²) in [6.07, 6.45) is 3.95. The van der Waals surface area contributed by atoms with Crippen LogP contribution >= 0.6 is 22.9 Å². The monoisotopic (exact) mass is 423 g/mol. The molecule has 2 aromatic heterocycles. The number of nitrogens with zero attached hydrogens (tertiary/aromatic N) is 1. The zero-order valence-corrected chi connectivity index (χ0v) is 18.0. The van der Waals surface area contributed by atoms with Crippen LogP contribution in [0.2, 0.25) is 0 Å². The number of hydrogen-bond donors (Lipinski definition) is 2. The minimum atomic E-state index is -1.42. The number of rotatable bonds is 5. The van der Waals surface area contributed by atoms with Crippen LogP contribution in [0.5, 0.6) is 0 Å². The van der Waals surface area contributed by atoms with Crippen LogP contribution in [0, 0.1) is 12.8 Å². The van der Waals surface area contributed by atoms with Crippen molar-refractivity contribution in [2.24, 2.45) is 13.0 Å². The molecule has 5 nitrogen and oxygen atoms in total. The lowest BCUT2D eigenvalue weighted by molar-refractivity contribution is 0.670. The minimum absolute atomic E-state index is 0.119. The first-order valence-electron chi connectivity index (χ1n) is 8.50. The van der Waals surface area contributed by atoms with Crippen LogP contribution in [-0.2, 0) is 18.0 Å². The van der Waals surface area contributed by atoms with Crippen molar-refractivity contribution >= 4 is 45.4 Å². The molecule has 2 N–H and O–H groups in total. The van der Waals surface area contributed by atoms with E-state index in [-0.39, 0.29) is 16.9 Å². The Morgan fingerprint density at radius 3 is 2.70 bits per heavy atom. The summed E-state index contributed by atoms with van der Waals surface area (Å²) in [6, 6.07) is 3.52. The second kappa shape index (κ2) is 8.04. The van der Waals surface area contributed by atoms with Crippen LogP contribution < -0.4 is 15.6 Å². The SMILES string of the molecule is CC1=CC=C(Nc2c(NS(=O)c3ccsc3)cc(C)c(=O)n2C)C(Cl)C1C. The van der Waals surface area contributed by atoms with Gasteiger partial charge in [-0.3, -0.25) is 14.1 Å². The van der Waals surface area contributed by atoms with E-state index in [0.29, 0.717) is 22.0 Å². The molecule has 27 heavy (non-hydrogen) atoms. The van der Waals surface area contributed by atoms with E-state index in [1.807, 2.05) is 35.9 Å². The van der Waals surface area contributed by atoms with Gasteiger partial charge in [0.05, 0.1) is 16.0 Å². The molecular formula is C19H22ClN3O2S2. The van der Waals surface area contributed by atoms with E-state index in [4.69, 9.17) is 11.6 Å². The highest BCUT2D eigenvalue weighted by Gasteiger charge is 2.25. The topological polar surface area (TPSA) is 63.1 Å². The van der Waals surface area contributed by atoms with Gasteiger partial charge in [0.25, 0.3) is 5.56 Å². The molecule has 1 aliphatic rings. The van der Waals surface area contributed by atoms with Gasteiger partial charge in [-0.05, 0) is 43.4 Å². The van der Waals surface area contributed by atoms with E-state index < -0.39 is 11.0 Å². The predicted octanol–water partition coefficient (Wildman–Crippen LogP) is 4.39. The van der Waals surface area contributed by atoms with Crippen LogP contribution in [-0.4, -0.2) is 14.2 Å². The molecule has 0 fully saturated rings. The highest BCUT2D eigenvalue weighted by Crippen LogP contribution is 2.32. The van der Waals surface area contributed by atoms with Crippen molar-refractivity contribution in [1.82, 2.24) is 4.57 Å². The van der Waals surface area contributed by atoms with E-state index >= 15 is 0 Å².